The van der Waals surface area contributed by atoms with Gasteiger partial charge in [0.2, 0.25) is 5.89 Å². The van der Waals surface area contributed by atoms with Crippen LogP contribution in [0.1, 0.15) is 32.0 Å². The molecule has 1 rings (SSSR count). The Morgan fingerprint density at radius 3 is 2.65 bits per heavy atom. The standard InChI is InChI=1S/C10H16F3N3O/c1-7(2)14-5-3-4-9-15-8(16-17-9)6-10(11,12)13/h7,14H,3-6H2,1-2H3. The predicted octanol–water partition coefficient (Wildman–Crippen LogP) is 2.10. The first-order valence-electron chi connectivity index (χ1n) is 5.48. The number of nitrogens with zero attached hydrogens (tertiary/aromatic N) is 2. The lowest BCUT2D eigenvalue weighted by Crippen LogP contribution is -2.23. The molecule has 1 heterocycles. The van der Waals surface area contributed by atoms with Crippen LogP contribution in [-0.4, -0.2) is 28.9 Å². The lowest BCUT2D eigenvalue weighted by Gasteiger charge is -2.05. The van der Waals surface area contributed by atoms with E-state index in [1.165, 1.54) is 0 Å². The molecule has 0 aliphatic rings. The fourth-order valence-corrected chi connectivity index (χ4v) is 1.27. The summed E-state index contributed by atoms with van der Waals surface area (Å²) in [5.41, 5.74) is 0. The minimum atomic E-state index is -4.29. The SMILES string of the molecule is CC(C)NCCCc1nc(CC(F)(F)F)no1. The van der Waals surface area contributed by atoms with Gasteiger partial charge < -0.3 is 9.84 Å². The second-order valence-corrected chi connectivity index (χ2v) is 4.11. The van der Waals surface area contributed by atoms with E-state index in [4.69, 9.17) is 4.52 Å². The zero-order chi connectivity index (χ0) is 12.9. The highest BCUT2D eigenvalue weighted by Crippen LogP contribution is 2.19. The molecule has 7 heteroatoms. The molecule has 17 heavy (non-hydrogen) atoms. The predicted molar refractivity (Wildman–Crippen MR) is 55.5 cm³/mol. The third-order valence-electron chi connectivity index (χ3n) is 1.99. The van der Waals surface area contributed by atoms with Crippen LogP contribution in [0.3, 0.4) is 0 Å². The van der Waals surface area contributed by atoms with Crippen LogP contribution in [0.25, 0.3) is 0 Å². The average molecular weight is 251 g/mol. The number of hydrogen-bond acceptors (Lipinski definition) is 4. The average Bonchev–Trinajstić information content (AvgIpc) is 2.57. The Morgan fingerprint density at radius 1 is 1.35 bits per heavy atom. The lowest BCUT2D eigenvalue weighted by molar-refractivity contribution is -0.128. The molecule has 98 valence electrons. The van der Waals surface area contributed by atoms with Gasteiger partial charge >= 0.3 is 6.18 Å². The van der Waals surface area contributed by atoms with Crippen molar-refractivity contribution in [1.82, 2.24) is 15.5 Å². The number of aromatic nitrogens is 2. The van der Waals surface area contributed by atoms with Gasteiger partial charge in [-0.15, -0.1) is 0 Å². The Bertz CT molecular complexity index is 336. The molecule has 0 saturated heterocycles. The van der Waals surface area contributed by atoms with E-state index in [1.54, 1.807) is 0 Å². The van der Waals surface area contributed by atoms with Gasteiger partial charge in [-0.05, 0) is 13.0 Å². The monoisotopic (exact) mass is 251 g/mol. The van der Waals surface area contributed by atoms with Crippen molar-refractivity contribution in [3.05, 3.63) is 11.7 Å². The Labute approximate surface area is 97.6 Å². The van der Waals surface area contributed by atoms with Crippen LogP contribution in [0.5, 0.6) is 0 Å². The number of hydrogen-bond donors (Lipinski definition) is 1. The van der Waals surface area contributed by atoms with E-state index >= 15 is 0 Å². The van der Waals surface area contributed by atoms with Crippen molar-refractivity contribution in [1.29, 1.82) is 0 Å². The minimum absolute atomic E-state index is 0.259. The molecule has 4 nitrogen and oxygen atoms in total. The third-order valence-corrected chi connectivity index (χ3v) is 1.99. The van der Waals surface area contributed by atoms with E-state index in [0.29, 0.717) is 12.5 Å². The first-order chi connectivity index (χ1) is 7.87. The third kappa shape index (κ3) is 6.25. The summed E-state index contributed by atoms with van der Waals surface area (Å²) in [6.45, 7) is 4.82. The van der Waals surface area contributed by atoms with Crippen molar-refractivity contribution in [2.24, 2.45) is 0 Å². The van der Waals surface area contributed by atoms with Gasteiger partial charge in [-0.1, -0.05) is 19.0 Å². The molecule has 0 saturated carbocycles. The molecule has 1 N–H and O–H groups in total. The summed E-state index contributed by atoms with van der Waals surface area (Å²) < 4.78 is 40.8. The highest BCUT2D eigenvalue weighted by Gasteiger charge is 2.30. The van der Waals surface area contributed by atoms with Gasteiger partial charge in [0.1, 0.15) is 6.42 Å². The minimum Gasteiger partial charge on any atom is -0.339 e. The van der Waals surface area contributed by atoms with E-state index in [-0.39, 0.29) is 11.7 Å². The van der Waals surface area contributed by atoms with Crippen LogP contribution in [0.4, 0.5) is 13.2 Å². The van der Waals surface area contributed by atoms with Crippen molar-refractivity contribution < 1.29 is 17.7 Å². The van der Waals surface area contributed by atoms with Crippen LogP contribution in [0.2, 0.25) is 0 Å². The zero-order valence-electron chi connectivity index (χ0n) is 9.84. The summed E-state index contributed by atoms with van der Waals surface area (Å²) >= 11 is 0. The summed E-state index contributed by atoms with van der Waals surface area (Å²) in [6, 6.07) is 0.387. The summed E-state index contributed by atoms with van der Waals surface area (Å²) in [4.78, 5) is 3.69. The molecule has 0 radical (unpaired) electrons. The van der Waals surface area contributed by atoms with Crippen LogP contribution in [-0.2, 0) is 12.8 Å². The maximum Gasteiger partial charge on any atom is 0.396 e. The molecule has 0 aliphatic heterocycles. The molecule has 1 aromatic rings. The van der Waals surface area contributed by atoms with Crippen molar-refractivity contribution in [3.8, 4) is 0 Å². The van der Waals surface area contributed by atoms with E-state index in [1.807, 2.05) is 13.8 Å². The van der Waals surface area contributed by atoms with Gasteiger partial charge in [0.25, 0.3) is 0 Å². The number of alkyl halides is 3. The number of nitrogens with one attached hydrogen (secondary N) is 1. The quantitative estimate of drug-likeness (QED) is 0.787. The first kappa shape index (κ1) is 14.0. The van der Waals surface area contributed by atoms with Gasteiger partial charge in [-0.25, -0.2) is 0 Å². The van der Waals surface area contributed by atoms with Gasteiger partial charge in [-0.3, -0.25) is 0 Å². The normalized spacial score (nSPS) is 12.4. The highest BCUT2D eigenvalue weighted by molar-refractivity contribution is 4.88. The van der Waals surface area contributed by atoms with Gasteiger partial charge in [0.15, 0.2) is 5.82 Å². The second kappa shape index (κ2) is 6.00. The van der Waals surface area contributed by atoms with Crippen molar-refractivity contribution >= 4 is 0 Å². The van der Waals surface area contributed by atoms with Gasteiger partial charge in [-0.2, -0.15) is 18.2 Å². The van der Waals surface area contributed by atoms with Crippen LogP contribution in [0.15, 0.2) is 4.52 Å². The van der Waals surface area contributed by atoms with E-state index in [0.717, 1.165) is 13.0 Å². The molecular weight excluding hydrogens is 235 g/mol. The molecule has 0 bridgehead atoms. The second-order valence-electron chi connectivity index (χ2n) is 4.11. The number of halogens is 3. The molecule has 0 fully saturated rings. The van der Waals surface area contributed by atoms with Crippen LogP contribution >= 0.6 is 0 Å². The molecule has 0 aromatic carbocycles. The molecule has 0 aliphatic carbocycles. The summed E-state index contributed by atoms with van der Waals surface area (Å²) in [6.07, 6.45) is -4.18. The van der Waals surface area contributed by atoms with E-state index in [9.17, 15) is 13.2 Å². The summed E-state index contributed by atoms with van der Waals surface area (Å²) in [5.74, 6) is -0.0425. The molecular formula is C10H16F3N3O. The van der Waals surface area contributed by atoms with E-state index < -0.39 is 12.6 Å². The van der Waals surface area contributed by atoms with Crippen LogP contribution in [0, 0.1) is 0 Å². The van der Waals surface area contributed by atoms with Gasteiger partial charge in [0.05, 0.1) is 0 Å². The molecule has 1 aromatic heterocycles. The molecule has 0 spiro atoms. The fraction of sp³-hybridized carbons (Fsp3) is 0.800. The number of rotatable bonds is 6. The Morgan fingerprint density at radius 2 is 2.06 bits per heavy atom. The molecule has 0 unspecified atom stereocenters. The van der Waals surface area contributed by atoms with Crippen molar-refractivity contribution in [2.45, 2.75) is 45.3 Å². The smallest absolute Gasteiger partial charge is 0.339 e. The van der Waals surface area contributed by atoms with Gasteiger partial charge in [0, 0.05) is 12.5 Å². The number of aryl methyl sites for hydroxylation is 1. The zero-order valence-corrected chi connectivity index (χ0v) is 9.84. The van der Waals surface area contributed by atoms with E-state index in [2.05, 4.69) is 15.5 Å². The van der Waals surface area contributed by atoms with Crippen molar-refractivity contribution in [2.75, 3.05) is 6.54 Å². The largest absolute Gasteiger partial charge is 0.396 e. The maximum absolute atomic E-state index is 12.0. The summed E-state index contributed by atoms with van der Waals surface area (Å²) in [7, 11) is 0. The van der Waals surface area contributed by atoms with Crippen LogP contribution < -0.4 is 5.32 Å². The first-order valence-corrected chi connectivity index (χ1v) is 5.48. The topological polar surface area (TPSA) is 51.0 Å². The Balaban J connectivity index is 2.31. The maximum atomic E-state index is 12.0. The Kier molecular flexibility index (Phi) is 4.92. The highest BCUT2D eigenvalue weighted by atomic mass is 19.4. The lowest BCUT2D eigenvalue weighted by atomic mass is 10.3. The summed E-state index contributed by atoms with van der Waals surface area (Å²) in [5, 5.41) is 6.48. The Hall–Kier alpha value is -1.11. The molecule has 0 atom stereocenters. The fourth-order valence-electron chi connectivity index (χ4n) is 1.27. The molecule has 0 amide bonds. The van der Waals surface area contributed by atoms with Crippen molar-refractivity contribution in [3.63, 3.8) is 0 Å².